The quantitative estimate of drug-likeness (QED) is 0.931. The molecule has 1 fully saturated rings. The van der Waals surface area contributed by atoms with Crippen LogP contribution in [0.25, 0.3) is 11.3 Å². The molecule has 1 aliphatic heterocycles. The molecule has 6 heteroatoms. The molecule has 3 rings (SSSR count). The Morgan fingerprint density at radius 1 is 1.43 bits per heavy atom. The number of carboxylic acids is 1. The van der Waals surface area contributed by atoms with Crippen molar-refractivity contribution >= 4 is 5.97 Å². The van der Waals surface area contributed by atoms with Gasteiger partial charge in [-0.1, -0.05) is 0 Å². The van der Waals surface area contributed by atoms with Gasteiger partial charge >= 0.3 is 5.97 Å². The predicted molar refractivity (Wildman–Crippen MR) is 75.5 cm³/mol. The zero-order valence-electron chi connectivity index (χ0n) is 11.7. The highest BCUT2D eigenvalue weighted by Crippen LogP contribution is 2.24. The summed E-state index contributed by atoms with van der Waals surface area (Å²) in [4.78, 5) is 10.9. The highest BCUT2D eigenvalue weighted by Gasteiger charge is 2.17. The molecule has 110 valence electrons. The Kier molecular flexibility index (Phi) is 3.62. The third-order valence-electron chi connectivity index (χ3n) is 3.44. The van der Waals surface area contributed by atoms with Crippen molar-refractivity contribution in [2.45, 2.75) is 12.5 Å². The van der Waals surface area contributed by atoms with Gasteiger partial charge in [0.25, 0.3) is 0 Å². The van der Waals surface area contributed by atoms with E-state index in [2.05, 4.69) is 5.10 Å². The number of aryl methyl sites for hydroxylation is 1. The highest BCUT2D eigenvalue weighted by atomic mass is 16.5. The van der Waals surface area contributed by atoms with Gasteiger partial charge in [0.15, 0.2) is 5.69 Å². The Morgan fingerprint density at radius 2 is 2.19 bits per heavy atom. The molecule has 2 heterocycles. The second kappa shape index (κ2) is 5.57. The molecule has 1 unspecified atom stereocenters. The number of hydrogen-bond donors (Lipinski definition) is 1. The van der Waals surface area contributed by atoms with E-state index in [9.17, 15) is 4.79 Å². The van der Waals surface area contributed by atoms with Gasteiger partial charge in [0, 0.05) is 19.0 Å². The molecule has 0 spiro atoms. The Labute approximate surface area is 121 Å². The summed E-state index contributed by atoms with van der Waals surface area (Å²) in [7, 11) is 1.72. The molecule has 1 aromatic heterocycles. The second-order valence-electron chi connectivity index (χ2n) is 4.97. The molecule has 0 bridgehead atoms. The van der Waals surface area contributed by atoms with E-state index in [0.29, 0.717) is 6.61 Å². The highest BCUT2D eigenvalue weighted by molar-refractivity contribution is 5.87. The van der Waals surface area contributed by atoms with Crippen molar-refractivity contribution in [3.8, 4) is 17.0 Å². The van der Waals surface area contributed by atoms with Gasteiger partial charge in [0.2, 0.25) is 0 Å². The third-order valence-corrected chi connectivity index (χ3v) is 3.44. The van der Waals surface area contributed by atoms with Crippen LogP contribution in [0.2, 0.25) is 0 Å². The molecule has 1 saturated heterocycles. The summed E-state index contributed by atoms with van der Waals surface area (Å²) in [6, 6.07) is 9.10. The molecule has 1 aliphatic rings. The minimum absolute atomic E-state index is 0.0379. The van der Waals surface area contributed by atoms with Gasteiger partial charge in [-0.3, -0.25) is 4.68 Å². The van der Waals surface area contributed by atoms with E-state index in [0.717, 1.165) is 30.0 Å². The smallest absolute Gasteiger partial charge is 0.356 e. The molecule has 1 atom stereocenters. The standard InChI is InChI=1S/C15H16N2O4/c1-17-14(8-13(16-17)15(18)19)10-2-4-11(5-3-10)21-12-6-7-20-9-12/h2-5,8,12H,6-7,9H2,1H3,(H,18,19). The fraction of sp³-hybridized carbons (Fsp3) is 0.333. The summed E-state index contributed by atoms with van der Waals surface area (Å²) < 4.78 is 12.6. The molecule has 0 radical (unpaired) electrons. The first-order valence-corrected chi connectivity index (χ1v) is 6.75. The summed E-state index contributed by atoms with van der Waals surface area (Å²) in [6.45, 7) is 1.38. The number of ether oxygens (including phenoxy) is 2. The minimum Gasteiger partial charge on any atom is -0.488 e. The van der Waals surface area contributed by atoms with E-state index in [4.69, 9.17) is 14.6 Å². The lowest BCUT2D eigenvalue weighted by Crippen LogP contribution is -2.15. The zero-order chi connectivity index (χ0) is 14.8. The van der Waals surface area contributed by atoms with Gasteiger partial charge in [-0.05, 0) is 30.3 Å². The maximum absolute atomic E-state index is 10.9. The van der Waals surface area contributed by atoms with Gasteiger partial charge in [-0.2, -0.15) is 5.10 Å². The van der Waals surface area contributed by atoms with Gasteiger partial charge in [0.05, 0.1) is 18.9 Å². The Morgan fingerprint density at radius 3 is 2.76 bits per heavy atom. The van der Waals surface area contributed by atoms with Gasteiger partial charge < -0.3 is 14.6 Å². The van der Waals surface area contributed by atoms with Crippen LogP contribution >= 0.6 is 0 Å². The largest absolute Gasteiger partial charge is 0.488 e. The number of aromatic carboxylic acids is 1. The van der Waals surface area contributed by atoms with Crippen LogP contribution in [0.3, 0.4) is 0 Å². The summed E-state index contributed by atoms with van der Waals surface area (Å²) in [6.07, 6.45) is 1.03. The van der Waals surface area contributed by atoms with Crippen LogP contribution in [0.15, 0.2) is 30.3 Å². The van der Waals surface area contributed by atoms with E-state index in [1.165, 1.54) is 0 Å². The number of carboxylic acid groups (broad SMARTS) is 1. The average molecular weight is 288 g/mol. The normalized spacial score (nSPS) is 17.9. The Hall–Kier alpha value is -2.34. The van der Waals surface area contributed by atoms with E-state index < -0.39 is 5.97 Å². The molecule has 2 aromatic rings. The molecular formula is C15H16N2O4. The van der Waals surface area contributed by atoms with E-state index in [-0.39, 0.29) is 11.8 Å². The van der Waals surface area contributed by atoms with Crippen molar-refractivity contribution in [1.82, 2.24) is 9.78 Å². The molecule has 21 heavy (non-hydrogen) atoms. The second-order valence-corrected chi connectivity index (χ2v) is 4.97. The van der Waals surface area contributed by atoms with Crippen molar-refractivity contribution < 1.29 is 19.4 Å². The first-order valence-electron chi connectivity index (χ1n) is 6.75. The SMILES string of the molecule is Cn1nc(C(=O)O)cc1-c1ccc(OC2CCOC2)cc1. The van der Waals surface area contributed by atoms with Crippen LogP contribution in [0.4, 0.5) is 0 Å². The Balaban J connectivity index is 1.78. The summed E-state index contributed by atoms with van der Waals surface area (Å²) in [5.41, 5.74) is 1.69. The van der Waals surface area contributed by atoms with Crippen molar-refractivity contribution in [2.24, 2.45) is 7.05 Å². The van der Waals surface area contributed by atoms with E-state index >= 15 is 0 Å². The molecular weight excluding hydrogens is 272 g/mol. The van der Waals surface area contributed by atoms with Crippen molar-refractivity contribution in [3.63, 3.8) is 0 Å². The molecule has 1 aromatic carbocycles. The van der Waals surface area contributed by atoms with Gasteiger partial charge in [-0.15, -0.1) is 0 Å². The topological polar surface area (TPSA) is 73.6 Å². The van der Waals surface area contributed by atoms with Gasteiger partial charge in [-0.25, -0.2) is 4.79 Å². The molecule has 0 amide bonds. The van der Waals surface area contributed by atoms with Crippen molar-refractivity contribution in [3.05, 3.63) is 36.0 Å². The van der Waals surface area contributed by atoms with Crippen LogP contribution in [0.5, 0.6) is 5.75 Å². The summed E-state index contributed by atoms with van der Waals surface area (Å²) in [5.74, 6) is -0.243. The van der Waals surface area contributed by atoms with Crippen molar-refractivity contribution in [1.29, 1.82) is 0 Å². The minimum atomic E-state index is -1.03. The number of benzene rings is 1. The number of aromatic nitrogens is 2. The lowest BCUT2D eigenvalue weighted by Gasteiger charge is -2.12. The van der Waals surface area contributed by atoms with E-state index in [1.54, 1.807) is 17.8 Å². The summed E-state index contributed by atoms with van der Waals surface area (Å²) >= 11 is 0. The number of nitrogens with zero attached hydrogens (tertiary/aromatic N) is 2. The average Bonchev–Trinajstić information content (AvgIpc) is 3.09. The fourth-order valence-corrected chi connectivity index (χ4v) is 2.34. The zero-order valence-corrected chi connectivity index (χ0v) is 11.7. The maximum Gasteiger partial charge on any atom is 0.356 e. The fourth-order valence-electron chi connectivity index (χ4n) is 2.34. The molecule has 1 N–H and O–H groups in total. The first-order chi connectivity index (χ1) is 10.1. The monoisotopic (exact) mass is 288 g/mol. The lowest BCUT2D eigenvalue weighted by atomic mass is 10.1. The maximum atomic E-state index is 10.9. The molecule has 0 saturated carbocycles. The van der Waals surface area contributed by atoms with Crippen LogP contribution in [0, 0.1) is 0 Å². The Bertz CT molecular complexity index is 642. The number of hydrogen-bond acceptors (Lipinski definition) is 4. The van der Waals surface area contributed by atoms with Crippen LogP contribution in [-0.2, 0) is 11.8 Å². The number of carbonyl (C=O) groups is 1. The summed E-state index contributed by atoms with van der Waals surface area (Å²) in [5, 5.41) is 12.9. The van der Waals surface area contributed by atoms with Crippen LogP contribution in [-0.4, -0.2) is 40.2 Å². The lowest BCUT2D eigenvalue weighted by molar-refractivity contribution is 0.0689. The predicted octanol–water partition coefficient (Wildman–Crippen LogP) is 1.95. The third kappa shape index (κ3) is 2.90. The number of rotatable bonds is 4. The molecule has 0 aliphatic carbocycles. The van der Waals surface area contributed by atoms with E-state index in [1.807, 2.05) is 24.3 Å². The van der Waals surface area contributed by atoms with Crippen molar-refractivity contribution in [2.75, 3.05) is 13.2 Å². The van der Waals surface area contributed by atoms with Crippen LogP contribution in [0.1, 0.15) is 16.9 Å². The first kappa shape index (κ1) is 13.6. The van der Waals surface area contributed by atoms with Gasteiger partial charge in [0.1, 0.15) is 11.9 Å². The van der Waals surface area contributed by atoms with Crippen LogP contribution < -0.4 is 4.74 Å². The molecule has 6 nitrogen and oxygen atoms in total.